The van der Waals surface area contributed by atoms with Crippen LogP contribution in [0.3, 0.4) is 0 Å². The highest BCUT2D eigenvalue weighted by atomic mass is 16.3. The third-order valence-electron chi connectivity index (χ3n) is 12.3. The Morgan fingerprint density at radius 1 is 0.521 bits per heavy atom. The van der Waals surface area contributed by atoms with E-state index in [1.54, 1.807) is 60.7 Å². The first-order valence-corrected chi connectivity index (χ1v) is 24.4. The van der Waals surface area contributed by atoms with Crippen LogP contribution in [-0.2, 0) is 51.2 Å². The van der Waals surface area contributed by atoms with Gasteiger partial charge in [-0.3, -0.25) is 43.3 Å². The van der Waals surface area contributed by atoms with Gasteiger partial charge in [0, 0.05) is 19.5 Å². The van der Waals surface area contributed by atoms with E-state index in [1.165, 1.54) is 4.90 Å². The molecule has 4 rings (SSSR count). The molecule has 0 unspecified atom stereocenters. The zero-order chi connectivity index (χ0) is 51.7. The third kappa shape index (κ3) is 18.5. The minimum absolute atomic E-state index is 0.0243. The lowest BCUT2D eigenvalue weighted by Crippen LogP contribution is -2.62. The molecule has 71 heavy (non-hydrogen) atoms. The number of carbonyl (C=O) groups excluding carboxylic acids is 8. The van der Waals surface area contributed by atoms with Gasteiger partial charge in [0.25, 0.3) is 0 Å². The van der Waals surface area contributed by atoms with Crippen LogP contribution >= 0.6 is 0 Å². The number of aliphatic imine (C=N–C) groups is 1. The second kappa shape index (κ2) is 30.1. The van der Waals surface area contributed by atoms with Crippen molar-refractivity contribution in [3.63, 3.8) is 0 Å². The van der Waals surface area contributed by atoms with Gasteiger partial charge in [-0.1, -0.05) is 60.7 Å². The van der Waals surface area contributed by atoms with Crippen LogP contribution in [0.4, 0.5) is 0 Å². The largest absolute Gasteiger partial charge is 0.394 e. The number of carbonyl (C=O) groups is 8. The first-order chi connectivity index (χ1) is 34.2. The van der Waals surface area contributed by atoms with Crippen LogP contribution in [0, 0.1) is 0 Å². The minimum Gasteiger partial charge on any atom is -0.394 e. The number of nitrogens with two attached hydrogens (primary N) is 4. The van der Waals surface area contributed by atoms with Crippen molar-refractivity contribution in [1.29, 1.82) is 0 Å². The smallest absolute Gasteiger partial charge is 0.246 e. The van der Waals surface area contributed by atoms with Crippen molar-refractivity contribution in [2.45, 2.75) is 132 Å². The molecule has 0 radical (unpaired) electrons. The number of fused-ring (bicyclic) bond motifs is 1. The van der Waals surface area contributed by atoms with Gasteiger partial charge in [0.2, 0.25) is 47.3 Å². The standard InChI is InChI=1S/C48H73N13O10/c49-23-9-7-17-32-42(66)59-37(28-62)44(68)56-35(22-21-30-13-3-1-4-14-30)43(67)60-38(29-63)45(69)58-36(27-31-15-5-2-6-16-31)47(71)61-26-12-20-39(61)46(70)57-33(18-8-10-24-50)40(64)55-34(41(65)54-32)19-11-25-53-48(51)52/h1-6,13-16,32-39,62-63H,7-12,17-29,49-50H2,(H,54,65)(H,55,64)(H,56,68)(H,57,70)(H,58,69)(H,59,66)(H,60,67)(H4,51,52,53)/t32-,33-,34-,35-,36+,37-,38-,39+/m0/s1. The van der Waals surface area contributed by atoms with E-state index >= 15 is 0 Å². The fourth-order valence-corrected chi connectivity index (χ4v) is 8.36. The molecule has 8 atom stereocenters. The lowest BCUT2D eigenvalue weighted by Gasteiger charge is -2.31. The summed E-state index contributed by atoms with van der Waals surface area (Å²) in [6, 6.07) is 6.82. The number of amides is 8. The van der Waals surface area contributed by atoms with Crippen LogP contribution in [-0.4, -0.2) is 156 Å². The van der Waals surface area contributed by atoms with Gasteiger partial charge in [0.1, 0.15) is 48.3 Å². The third-order valence-corrected chi connectivity index (χ3v) is 12.3. The highest BCUT2D eigenvalue weighted by Gasteiger charge is 2.40. The Kier molecular flexibility index (Phi) is 24.2. The number of aryl methyl sites for hydroxylation is 1. The predicted molar refractivity (Wildman–Crippen MR) is 263 cm³/mol. The molecule has 17 N–H and O–H groups in total. The van der Waals surface area contributed by atoms with Crippen molar-refractivity contribution in [2.24, 2.45) is 27.9 Å². The zero-order valence-electron chi connectivity index (χ0n) is 40.2. The highest BCUT2D eigenvalue weighted by molar-refractivity contribution is 5.99. The average molecular weight is 992 g/mol. The summed E-state index contributed by atoms with van der Waals surface area (Å²) >= 11 is 0. The molecular weight excluding hydrogens is 919 g/mol. The maximum atomic E-state index is 14.6. The number of unbranched alkanes of at least 4 members (excludes halogenated alkanes) is 2. The van der Waals surface area contributed by atoms with Crippen molar-refractivity contribution in [2.75, 3.05) is 39.4 Å². The summed E-state index contributed by atoms with van der Waals surface area (Å²) in [5.74, 6) is -6.72. The molecule has 2 aliphatic heterocycles. The van der Waals surface area contributed by atoms with Crippen molar-refractivity contribution >= 4 is 53.2 Å². The van der Waals surface area contributed by atoms with Crippen molar-refractivity contribution in [3.05, 3.63) is 71.8 Å². The van der Waals surface area contributed by atoms with Gasteiger partial charge in [-0.2, -0.15) is 0 Å². The number of hydrogen-bond donors (Lipinski definition) is 13. The summed E-state index contributed by atoms with van der Waals surface area (Å²) in [5, 5.41) is 39.4. The first kappa shape index (κ1) is 56.9. The molecule has 2 aromatic rings. The van der Waals surface area contributed by atoms with E-state index in [4.69, 9.17) is 22.9 Å². The monoisotopic (exact) mass is 992 g/mol. The summed E-state index contributed by atoms with van der Waals surface area (Å²) < 4.78 is 0. The number of nitrogens with zero attached hydrogens (tertiary/aromatic N) is 2. The molecule has 0 aliphatic carbocycles. The van der Waals surface area contributed by atoms with Crippen molar-refractivity contribution in [1.82, 2.24) is 42.1 Å². The molecule has 23 heteroatoms. The van der Waals surface area contributed by atoms with Crippen LogP contribution in [0.15, 0.2) is 65.7 Å². The van der Waals surface area contributed by atoms with Gasteiger partial charge < -0.3 is 75.3 Å². The second-order valence-corrected chi connectivity index (χ2v) is 17.7. The predicted octanol–water partition coefficient (Wildman–Crippen LogP) is -3.44. The summed E-state index contributed by atoms with van der Waals surface area (Å²) in [6.45, 7) is -1.11. The Hall–Kier alpha value is -6.69. The summed E-state index contributed by atoms with van der Waals surface area (Å²) in [6.07, 6.45) is 2.75. The minimum atomic E-state index is -1.65. The van der Waals surface area contributed by atoms with Crippen LogP contribution < -0.4 is 60.2 Å². The Balaban J connectivity index is 1.79. The molecule has 2 saturated heterocycles. The highest BCUT2D eigenvalue weighted by Crippen LogP contribution is 2.21. The van der Waals surface area contributed by atoms with Gasteiger partial charge in [0.15, 0.2) is 5.96 Å². The maximum absolute atomic E-state index is 14.6. The van der Waals surface area contributed by atoms with Gasteiger partial charge in [-0.05, 0) is 101 Å². The summed E-state index contributed by atoms with van der Waals surface area (Å²) in [5.41, 5.74) is 24.0. The number of aliphatic hydroxyl groups is 2. The molecular formula is C48H73N13O10. The lowest BCUT2D eigenvalue weighted by atomic mass is 10.0. The lowest BCUT2D eigenvalue weighted by molar-refractivity contribution is -0.143. The van der Waals surface area contributed by atoms with Gasteiger partial charge in [-0.25, -0.2) is 0 Å². The van der Waals surface area contributed by atoms with E-state index in [-0.39, 0.29) is 77.0 Å². The molecule has 0 bridgehead atoms. The Bertz CT molecular complexity index is 2100. The summed E-state index contributed by atoms with van der Waals surface area (Å²) in [4.78, 5) is 119. The number of aliphatic hydroxyl groups excluding tert-OH is 2. The topological polar surface area (TPSA) is 381 Å². The molecule has 23 nitrogen and oxygen atoms in total. The number of nitrogens with one attached hydrogen (secondary N) is 7. The Morgan fingerprint density at radius 3 is 1.39 bits per heavy atom. The zero-order valence-corrected chi connectivity index (χ0v) is 40.2. The quantitative estimate of drug-likeness (QED) is 0.0370. The first-order valence-electron chi connectivity index (χ1n) is 24.4. The van der Waals surface area contributed by atoms with Crippen molar-refractivity contribution < 1.29 is 48.6 Å². The molecule has 8 amide bonds. The molecule has 2 aromatic carbocycles. The van der Waals surface area contributed by atoms with Gasteiger partial charge >= 0.3 is 0 Å². The molecule has 0 aromatic heterocycles. The number of rotatable bonds is 19. The van der Waals surface area contributed by atoms with E-state index < -0.39 is 109 Å². The average Bonchev–Trinajstić information content (AvgIpc) is 3.86. The Labute approximate surface area is 413 Å². The maximum Gasteiger partial charge on any atom is 0.246 e. The van der Waals surface area contributed by atoms with E-state index in [9.17, 15) is 48.6 Å². The van der Waals surface area contributed by atoms with E-state index in [1.807, 2.05) is 0 Å². The van der Waals surface area contributed by atoms with Crippen LogP contribution in [0.5, 0.6) is 0 Å². The Morgan fingerprint density at radius 2 is 0.930 bits per heavy atom. The second-order valence-electron chi connectivity index (χ2n) is 17.7. The fourth-order valence-electron chi connectivity index (χ4n) is 8.36. The molecule has 0 saturated carbocycles. The fraction of sp³-hybridized carbons (Fsp3) is 0.562. The van der Waals surface area contributed by atoms with Crippen LogP contribution in [0.25, 0.3) is 0 Å². The molecule has 2 fully saturated rings. The normalized spacial score (nSPS) is 24.5. The summed E-state index contributed by atoms with van der Waals surface area (Å²) in [7, 11) is 0. The van der Waals surface area contributed by atoms with E-state index in [2.05, 4.69) is 42.2 Å². The van der Waals surface area contributed by atoms with E-state index in [0.717, 1.165) is 5.56 Å². The van der Waals surface area contributed by atoms with Gasteiger partial charge in [-0.15, -0.1) is 0 Å². The van der Waals surface area contributed by atoms with Crippen molar-refractivity contribution in [3.8, 4) is 0 Å². The number of benzene rings is 2. The SMILES string of the molecule is NCCCC[C@@H]1NC(=O)[C@H](CCCN=C(N)N)NC(=O)[C@H](CCCCN)NC(=O)[C@H]2CCCN2C(=O)[C@@H](Cc2ccccc2)NC(=O)[C@H](CO)NC(=O)[C@H](CCc2ccccc2)NC(=O)[C@H](CO)NC1=O. The molecule has 2 heterocycles. The van der Waals surface area contributed by atoms with E-state index in [0.29, 0.717) is 44.2 Å². The molecule has 390 valence electrons. The van der Waals surface area contributed by atoms with Gasteiger partial charge in [0.05, 0.1) is 13.2 Å². The molecule has 2 aliphatic rings. The van der Waals surface area contributed by atoms with Crippen LogP contribution in [0.1, 0.15) is 81.8 Å². The number of guanidine groups is 1. The number of hydrogen-bond acceptors (Lipinski definition) is 13. The van der Waals surface area contributed by atoms with Crippen LogP contribution in [0.2, 0.25) is 0 Å². The molecule has 0 spiro atoms.